The molecule has 0 spiro atoms. The van der Waals surface area contributed by atoms with E-state index in [0.29, 0.717) is 11.1 Å². The molecule has 0 fully saturated rings. The molecule has 0 saturated carbocycles. The van der Waals surface area contributed by atoms with Gasteiger partial charge in [0.15, 0.2) is 0 Å². The van der Waals surface area contributed by atoms with Crippen molar-refractivity contribution in [1.82, 2.24) is 15.1 Å². The lowest BCUT2D eigenvalue weighted by Crippen LogP contribution is -2.43. The van der Waals surface area contributed by atoms with Gasteiger partial charge in [0.05, 0.1) is 11.8 Å². The fourth-order valence-corrected chi connectivity index (χ4v) is 2.66. The molecule has 5 heteroatoms. The van der Waals surface area contributed by atoms with Gasteiger partial charge in [-0.3, -0.25) is 4.68 Å². The van der Waals surface area contributed by atoms with Crippen molar-refractivity contribution in [1.29, 1.82) is 0 Å². The summed E-state index contributed by atoms with van der Waals surface area (Å²) in [6, 6.07) is 0.232. The van der Waals surface area contributed by atoms with Crippen molar-refractivity contribution in [3.63, 3.8) is 0 Å². The van der Waals surface area contributed by atoms with Gasteiger partial charge in [-0.05, 0) is 26.3 Å². The van der Waals surface area contributed by atoms with Gasteiger partial charge >= 0.3 is 0 Å². The molecule has 0 saturated heterocycles. The third-order valence-corrected chi connectivity index (χ3v) is 3.86. The first kappa shape index (κ1) is 15.5. The molecule has 1 heterocycles. The number of ether oxygens (including phenoxy) is 1. The molecule has 0 aromatic carbocycles. The van der Waals surface area contributed by atoms with Crippen molar-refractivity contribution in [2.75, 3.05) is 14.2 Å². The number of methoxy groups -OCH3 is 1. The van der Waals surface area contributed by atoms with Crippen LogP contribution in [0.3, 0.4) is 0 Å². The summed E-state index contributed by atoms with van der Waals surface area (Å²) in [4.78, 5) is 0. The zero-order chi connectivity index (χ0) is 13.9. The Morgan fingerprint density at radius 2 is 2.06 bits per heavy atom. The number of hydrogen-bond acceptors (Lipinski definition) is 3. The molecule has 0 radical (unpaired) electrons. The average Bonchev–Trinajstić information content (AvgIpc) is 2.54. The Bertz CT molecular complexity index is 390. The number of aromatic nitrogens is 2. The van der Waals surface area contributed by atoms with E-state index in [4.69, 9.17) is 16.3 Å². The molecular weight excluding hydrogens is 250 g/mol. The third kappa shape index (κ3) is 3.25. The lowest BCUT2D eigenvalue weighted by molar-refractivity contribution is 0.0353. The van der Waals surface area contributed by atoms with Crippen LogP contribution >= 0.6 is 11.6 Å². The minimum Gasteiger partial charge on any atom is -0.380 e. The number of nitrogens with one attached hydrogen (secondary N) is 1. The highest BCUT2D eigenvalue weighted by Gasteiger charge is 2.25. The molecule has 18 heavy (non-hydrogen) atoms. The van der Waals surface area contributed by atoms with Crippen molar-refractivity contribution in [3.05, 3.63) is 16.4 Å². The lowest BCUT2D eigenvalue weighted by atomic mass is 9.94. The Hall–Kier alpha value is -0.580. The van der Waals surface area contributed by atoms with Crippen LogP contribution in [0.4, 0.5) is 0 Å². The molecule has 1 rings (SSSR count). The van der Waals surface area contributed by atoms with Gasteiger partial charge in [-0.2, -0.15) is 5.10 Å². The summed E-state index contributed by atoms with van der Waals surface area (Å²) in [5.41, 5.74) is 2.09. The Kier molecular flexibility index (Phi) is 5.63. The van der Waals surface area contributed by atoms with Gasteiger partial charge in [0.25, 0.3) is 0 Å². The minimum atomic E-state index is 0.158. The summed E-state index contributed by atoms with van der Waals surface area (Å²) < 4.78 is 7.31. The molecule has 4 nitrogen and oxygen atoms in total. The van der Waals surface area contributed by atoms with Crippen molar-refractivity contribution >= 4 is 11.6 Å². The summed E-state index contributed by atoms with van der Waals surface area (Å²) in [7, 11) is 5.58. The summed E-state index contributed by atoms with van der Waals surface area (Å²) in [5, 5.41) is 8.38. The smallest absolute Gasteiger partial charge is 0.130 e. The van der Waals surface area contributed by atoms with E-state index in [1.54, 1.807) is 11.8 Å². The standard InChI is InChI=1S/C13H24ClN3O/c1-8(2)12(18-6)11(15-4)7-10-9(3)16-17(5)13(10)14/h8,11-12,15H,7H2,1-6H3. The van der Waals surface area contributed by atoms with E-state index in [1.165, 1.54) is 0 Å². The molecule has 104 valence electrons. The van der Waals surface area contributed by atoms with E-state index >= 15 is 0 Å². The minimum absolute atomic E-state index is 0.158. The highest BCUT2D eigenvalue weighted by atomic mass is 35.5. The van der Waals surface area contributed by atoms with E-state index in [-0.39, 0.29) is 12.1 Å². The Labute approximate surface area is 115 Å². The van der Waals surface area contributed by atoms with Gasteiger partial charge in [0, 0.05) is 25.8 Å². The van der Waals surface area contributed by atoms with Crippen LogP contribution in [-0.2, 0) is 18.2 Å². The summed E-state index contributed by atoms with van der Waals surface area (Å²) in [6.45, 7) is 6.32. The second-order valence-corrected chi connectivity index (χ2v) is 5.38. The lowest BCUT2D eigenvalue weighted by Gasteiger charge is -2.28. The van der Waals surface area contributed by atoms with Crippen LogP contribution in [0.15, 0.2) is 0 Å². The highest BCUT2D eigenvalue weighted by molar-refractivity contribution is 6.30. The van der Waals surface area contributed by atoms with Crippen LogP contribution < -0.4 is 5.32 Å². The van der Waals surface area contributed by atoms with Gasteiger partial charge < -0.3 is 10.1 Å². The van der Waals surface area contributed by atoms with Crippen LogP contribution in [0.2, 0.25) is 5.15 Å². The number of halogens is 1. The fraction of sp³-hybridized carbons (Fsp3) is 0.769. The maximum absolute atomic E-state index is 6.27. The Balaban J connectivity index is 2.92. The van der Waals surface area contributed by atoms with Gasteiger partial charge in [-0.15, -0.1) is 0 Å². The van der Waals surface area contributed by atoms with E-state index in [9.17, 15) is 0 Å². The largest absolute Gasteiger partial charge is 0.380 e. The number of hydrogen-bond donors (Lipinski definition) is 1. The van der Waals surface area contributed by atoms with Crippen LogP contribution in [0.1, 0.15) is 25.1 Å². The normalized spacial score (nSPS) is 15.1. The molecule has 0 bridgehead atoms. The summed E-state index contributed by atoms with van der Waals surface area (Å²) in [6.07, 6.45) is 0.983. The maximum Gasteiger partial charge on any atom is 0.130 e. The summed E-state index contributed by atoms with van der Waals surface area (Å²) >= 11 is 6.27. The molecule has 2 unspecified atom stereocenters. The fourth-order valence-electron chi connectivity index (χ4n) is 2.41. The second-order valence-electron chi connectivity index (χ2n) is 5.02. The van der Waals surface area contributed by atoms with Crippen LogP contribution in [0.5, 0.6) is 0 Å². The van der Waals surface area contributed by atoms with Crippen LogP contribution in [-0.4, -0.2) is 36.1 Å². The van der Waals surface area contributed by atoms with Crippen molar-refractivity contribution in [2.24, 2.45) is 13.0 Å². The number of rotatable bonds is 6. The first-order valence-electron chi connectivity index (χ1n) is 6.30. The zero-order valence-corrected chi connectivity index (χ0v) is 12.9. The average molecular weight is 274 g/mol. The highest BCUT2D eigenvalue weighted by Crippen LogP contribution is 2.23. The third-order valence-electron chi connectivity index (χ3n) is 3.39. The molecule has 1 N–H and O–H groups in total. The predicted octanol–water partition coefficient (Wildman–Crippen LogP) is 2.18. The molecule has 1 aromatic heterocycles. The Morgan fingerprint density at radius 1 is 1.44 bits per heavy atom. The number of aryl methyl sites for hydroxylation is 2. The van der Waals surface area contributed by atoms with Crippen molar-refractivity contribution in [3.8, 4) is 0 Å². The van der Waals surface area contributed by atoms with Crippen LogP contribution in [0.25, 0.3) is 0 Å². The SMILES string of the molecule is CNC(Cc1c(C)nn(C)c1Cl)C(OC)C(C)C. The molecule has 0 aliphatic rings. The molecular formula is C13H24ClN3O. The molecule has 0 amide bonds. The second kappa shape index (κ2) is 6.55. The first-order valence-corrected chi connectivity index (χ1v) is 6.68. The summed E-state index contributed by atoms with van der Waals surface area (Å²) in [5.74, 6) is 0.447. The number of likely N-dealkylation sites (N-methyl/N-ethyl adjacent to an activating group) is 1. The first-order chi connectivity index (χ1) is 8.42. The monoisotopic (exact) mass is 273 g/mol. The molecule has 0 aliphatic heterocycles. The topological polar surface area (TPSA) is 39.1 Å². The van der Waals surface area contributed by atoms with Gasteiger partial charge in [0.2, 0.25) is 0 Å². The van der Waals surface area contributed by atoms with E-state index in [1.807, 2.05) is 21.0 Å². The number of nitrogens with zero attached hydrogens (tertiary/aromatic N) is 2. The van der Waals surface area contributed by atoms with E-state index < -0.39 is 0 Å². The van der Waals surface area contributed by atoms with E-state index in [2.05, 4.69) is 24.3 Å². The van der Waals surface area contributed by atoms with Gasteiger partial charge in [0.1, 0.15) is 5.15 Å². The van der Waals surface area contributed by atoms with E-state index in [0.717, 1.165) is 17.7 Å². The molecule has 0 aliphatic carbocycles. The van der Waals surface area contributed by atoms with Crippen molar-refractivity contribution in [2.45, 2.75) is 39.3 Å². The quantitative estimate of drug-likeness (QED) is 0.864. The van der Waals surface area contributed by atoms with Crippen molar-refractivity contribution < 1.29 is 4.74 Å². The van der Waals surface area contributed by atoms with Crippen LogP contribution in [0, 0.1) is 12.8 Å². The predicted molar refractivity (Wildman–Crippen MR) is 75.1 cm³/mol. The Morgan fingerprint density at radius 3 is 2.39 bits per heavy atom. The zero-order valence-electron chi connectivity index (χ0n) is 12.1. The van der Waals surface area contributed by atoms with Gasteiger partial charge in [-0.25, -0.2) is 0 Å². The molecule has 1 aromatic rings. The maximum atomic E-state index is 6.27. The van der Waals surface area contributed by atoms with Gasteiger partial charge in [-0.1, -0.05) is 25.4 Å². The molecule has 2 atom stereocenters.